The monoisotopic (exact) mass is 264 g/mol. The Morgan fingerprint density at radius 1 is 1.42 bits per heavy atom. The summed E-state index contributed by atoms with van der Waals surface area (Å²) in [7, 11) is 0. The second-order valence-electron chi connectivity index (χ2n) is 6.62. The second-order valence-corrected chi connectivity index (χ2v) is 6.62. The summed E-state index contributed by atoms with van der Waals surface area (Å²) >= 11 is 0. The molecule has 0 bridgehead atoms. The van der Waals surface area contributed by atoms with Crippen molar-refractivity contribution >= 4 is 11.8 Å². The van der Waals surface area contributed by atoms with Crippen LogP contribution in [0.15, 0.2) is 11.6 Å². The van der Waals surface area contributed by atoms with Crippen LogP contribution >= 0.6 is 0 Å². The van der Waals surface area contributed by atoms with Crippen molar-refractivity contribution in [3.8, 4) is 0 Å². The number of amides is 2. The molecule has 0 spiro atoms. The number of carbonyl (C=O) groups excluding carboxylic acids is 2. The first-order valence-corrected chi connectivity index (χ1v) is 7.04. The lowest BCUT2D eigenvalue weighted by molar-refractivity contribution is -0.126. The van der Waals surface area contributed by atoms with Gasteiger partial charge in [0.15, 0.2) is 0 Å². The van der Waals surface area contributed by atoms with Gasteiger partial charge in [-0.15, -0.1) is 0 Å². The third kappa shape index (κ3) is 2.99. The van der Waals surface area contributed by atoms with Gasteiger partial charge in [0, 0.05) is 19.0 Å². The van der Waals surface area contributed by atoms with Crippen LogP contribution in [0.4, 0.5) is 0 Å². The van der Waals surface area contributed by atoms with Crippen molar-refractivity contribution in [2.24, 2.45) is 17.3 Å². The molecule has 2 rings (SSSR count). The van der Waals surface area contributed by atoms with Crippen LogP contribution in [0.1, 0.15) is 40.5 Å². The van der Waals surface area contributed by atoms with E-state index >= 15 is 0 Å². The van der Waals surface area contributed by atoms with Crippen molar-refractivity contribution in [1.29, 1.82) is 0 Å². The van der Waals surface area contributed by atoms with Gasteiger partial charge >= 0.3 is 0 Å². The lowest BCUT2D eigenvalue weighted by atomic mass is 10.1. The van der Waals surface area contributed by atoms with Crippen molar-refractivity contribution in [2.45, 2.75) is 46.6 Å². The molecule has 2 N–H and O–H groups in total. The lowest BCUT2D eigenvalue weighted by Gasteiger charge is -2.23. The van der Waals surface area contributed by atoms with Crippen molar-refractivity contribution in [3.63, 3.8) is 0 Å². The number of carbonyl (C=O) groups is 2. The highest BCUT2D eigenvalue weighted by molar-refractivity contribution is 5.84. The molecule has 3 atom stereocenters. The van der Waals surface area contributed by atoms with Crippen LogP contribution < -0.4 is 10.6 Å². The number of rotatable bonds is 3. The van der Waals surface area contributed by atoms with Gasteiger partial charge in [0.2, 0.25) is 11.8 Å². The third-order valence-corrected chi connectivity index (χ3v) is 4.32. The topological polar surface area (TPSA) is 58.2 Å². The van der Waals surface area contributed by atoms with E-state index in [4.69, 9.17) is 0 Å². The summed E-state index contributed by atoms with van der Waals surface area (Å²) < 4.78 is 0. The summed E-state index contributed by atoms with van der Waals surface area (Å²) in [5, 5.41) is 5.87. The molecule has 106 valence electrons. The highest BCUT2D eigenvalue weighted by Gasteiger charge is 2.60. The van der Waals surface area contributed by atoms with Crippen LogP contribution in [0.25, 0.3) is 0 Å². The summed E-state index contributed by atoms with van der Waals surface area (Å²) in [4.78, 5) is 23.4. The Bertz CT molecular complexity index is 412. The molecule has 0 aromatic carbocycles. The number of nitrogens with one attached hydrogen (secondary N) is 2. The van der Waals surface area contributed by atoms with Gasteiger partial charge in [0.1, 0.15) is 0 Å². The maximum absolute atomic E-state index is 12.3. The molecule has 19 heavy (non-hydrogen) atoms. The van der Waals surface area contributed by atoms with Gasteiger partial charge in [0.05, 0.1) is 5.92 Å². The van der Waals surface area contributed by atoms with Gasteiger partial charge in [-0.1, -0.05) is 25.5 Å². The summed E-state index contributed by atoms with van der Waals surface area (Å²) in [6, 6.07) is 0.0916. The Morgan fingerprint density at radius 3 is 2.63 bits per heavy atom. The van der Waals surface area contributed by atoms with Crippen LogP contribution in [0.2, 0.25) is 0 Å². The number of hydrogen-bond acceptors (Lipinski definition) is 2. The molecule has 4 nitrogen and oxygen atoms in total. The zero-order valence-electron chi connectivity index (χ0n) is 12.2. The molecule has 3 unspecified atom stereocenters. The van der Waals surface area contributed by atoms with Gasteiger partial charge in [-0.3, -0.25) is 9.59 Å². The molecule has 1 heterocycles. The second kappa shape index (κ2) is 4.99. The maximum Gasteiger partial charge on any atom is 0.224 e. The first-order chi connectivity index (χ1) is 8.82. The molecule has 0 aromatic rings. The first-order valence-electron chi connectivity index (χ1n) is 7.04. The fourth-order valence-electron chi connectivity index (χ4n) is 3.00. The van der Waals surface area contributed by atoms with Gasteiger partial charge in [0.25, 0.3) is 0 Å². The van der Waals surface area contributed by atoms with E-state index in [1.165, 1.54) is 5.57 Å². The van der Waals surface area contributed by atoms with Crippen LogP contribution in [-0.4, -0.2) is 24.4 Å². The molecule has 4 heteroatoms. The Hall–Kier alpha value is -1.32. The predicted molar refractivity (Wildman–Crippen MR) is 74.4 cm³/mol. The van der Waals surface area contributed by atoms with E-state index in [2.05, 4.69) is 44.4 Å². The van der Waals surface area contributed by atoms with Gasteiger partial charge < -0.3 is 10.6 Å². The zero-order chi connectivity index (χ0) is 14.2. The Balaban J connectivity index is 1.91. The maximum atomic E-state index is 12.3. The van der Waals surface area contributed by atoms with E-state index < -0.39 is 0 Å². The van der Waals surface area contributed by atoms with Crippen molar-refractivity contribution in [1.82, 2.24) is 10.6 Å². The minimum absolute atomic E-state index is 0.0548. The summed E-state index contributed by atoms with van der Waals surface area (Å²) in [5.74, 6) is 0.629. The van der Waals surface area contributed by atoms with E-state index in [0.29, 0.717) is 18.9 Å². The minimum atomic E-state index is 0.0548. The smallest absolute Gasteiger partial charge is 0.224 e. The quantitative estimate of drug-likeness (QED) is 0.761. The third-order valence-electron chi connectivity index (χ3n) is 4.32. The van der Waals surface area contributed by atoms with Gasteiger partial charge in [-0.2, -0.15) is 0 Å². The Kier molecular flexibility index (Phi) is 3.70. The highest BCUT2D eigenvalue weighted by atomic mass is 16.2. The standard InChI is InChI=1S/C15H24N2O2/c1-9(2)7-11-13(15(11,3)4)14(19)17-10-5-6-12(18)16-8-10/h7,10-11,13H,5-6,8H2,1-4H3,(H,16,18)(H,17,19). The molecule has 1 saturated carbocycles. The van der Waals surface area contributed by atoms with Crippen LogP contribution in [0.5, 0.6) is 0 Å². The summed E-state index contributed by atoms with van der Waals surface area (Å²) in [5.41, 5.74) is 1.32. The van der Waals surface area contributed by atoms with E-state index in [-0.39, 0.29) is 29.2 Å². The molecular weight excluding hydrogens is 240 g/mol. The number of allylic oxidation sites excluding steroid dienone is 2. The Labute approximate surface area is 115 Å². The van der Waals surface area contributed by atoms with E-state index in [9.17, 15) is 9.59 Å². The van der Waals surface area contributed by atoms with Crippen molar-refractivity contribution in [2.75, 3.05) is 6.54 Å². The summed E-state index contributed by atoms with van der Waals surface area (Å²) in [6.07, 6.45) is 3.46. The Morgan fingerprint density at radius 2 is 2.11 bits per heavy atom. The van der Waals surface area contributed by atoms with Crippen molar-refractivity contribution < 1.29 is 9.59 Å². The first kappa shape index (κ1) is 14.1. The van der Waals surface area contributed by atoms with Crippen molar-refractivity contribution in [3.05, 3.63) is 11.6 Å². The number of hydrogen-bond donors (Lipinski definition) is 2. The van der Waals surface area contributed by atoms with E-state index in [1.54, 1.807) is 0 Å². The molecule has 1 aliphatic heterocycles. The van der Waals surface area contributed by atoms with Crippen LogP contribution in [-0.2, 0) is 9.59 Å². The molecule has 0 radical (unpaired) electrons. The SMILES string of the molecule is CC(C)=CC1C(C(=O)NC2CCC(=O)NC2)C1(C)C. The lowest BCUT2D eigenvalue weighted by Crippen LogP contribution is -2.48. The molecular formula is C15H24N2O2. The highest BCUT2D eigenvalue weighted by Crippen LogP contribution is 2.59. The summed E-state index contributed by atoms with van der Waals surface area (Å²) in [6.45, 7) is 8.99. The minimum Gasteiger partial charge on any atom is -0.354 e. The van der Waals surface area contributed by atoms with Gasteiger partial charge in [-0.25, -0.2) is 0 Å². The van der Waals surface area contributed by atoms with Crippen LogP contribution in [0.3, 0.4) is 0 Å². The molecule has 2 amide bonds. The predicted octanol–water partition coefficient (Wildman–Crippen LogP) is 1.62. The molecule has 2 fully saturated rings. The fraction of sp³-hybridized carbons (Fsp3) is 0.733. The zero-order valence-corrected chi connectivity index (χ0v) is 12.2. The number of piperidine rings is 1. The molecule has 1 aliphatic carbocycles. The average Bonchev–Trinajstić information content (AvgIpc) is 2.83. The molecule has 0 aromatic heterocycles. The van der Waals surface area contributed by atoms with E-state index in [1.807, 2.05) is 0 Å². The van der Waals surface area contributed by atoms with Crippen LogP contribution in [0, 0.1) is 17.3 Å². The molecule has 1 saturated heterocycles. The largest absolute Gasteiger partial charge is 0.354 e. The molecule has 2 aliphatic rings. The normalized spacial score (nSPS) is 32.2. The van der Waals surface area contributed by atoms with Gasteiger partial charge in [-0.05, 0) is 31.6 Å². The average molecular weight is 264 g/mol. The fourth-order valence-corrected chi connectivity index (χ4v) is 3.00. The van der Waals surface area contributed by atoms with E-state index in [0.717, 1.165) is 6.42 Å².